The zero-order valence-corrected chi connectivity index (χ0v) is 16.6. The maximum atomic E-state index is 11.3. The molecule has 0 spiro atoms. The predicted molar refractivity (Wildman–Crippen MR) is 111 cm³/mol. The number of nitrogens with one attached hydrogen (secondary N) is 1. The number of sulfonamides is 1. The third-order valence-electron chi connectivity index (χ3n) is 4.28. The molecular formula is C20H23N5O2S. The van der Waals surface area contributed by atoms with Crippen LogP contribution in [0.25, 0.3) is 0 Å². The van der Waals surface area contributed by atoms with Gasteiger partial charge in [-0.2, -0.15) is 0 Å². The molecule has 0 amide bonds. The molecule has 7 nitrogen and oxygen atoms in total. The second-order valence-electron chi connectivity index (χ2n) is 6.42. The molecule has 1 heterocycles. The van der Waals surface area contributed by atoms with E-state index in [1.54, 1.807) is 12.1 Å². The van der Waals surface area contributed by atoms with Crippen LogP contribution in [0.15, 0.2) is 65.6 Å². The minimum Gasteiger partial charge on any atom is -0.370 e. The Morgan fingerprint density at radius 2 is 1.71 bits per heavy atom. The van der Waals surface area contributed by atoms with Crippen LogP contribution in [-0.4, -0.2) is 32.0 Å². The fourth-order valence-corrected chi connectivity index (χ4v) is 3.29. The van der Waals surface area contributed by atoms with E-state index in [2.05, 4.69) is 15.3 Å². The van der Waals surface area contributed by atoms with Gasteiger partial charge >= 0.3 is 0 Å². The molecule has 0 aliphatic heterocycles. The van der Waals surface area contributed by atoms with Gasteiger partial charge in [0.2, 0.25) is 10.0 Å². The molecular weight excluding hydrogens is 374 g/mol. The molecule has 0 radical (unpaired) electrons. The van der Waals surface area contributed by atoms with Crippen LogP contribution in [0, 0.1) is 6.92 Å². The normalized spacial score (nSPS) is 11.2. The first-order valence-corrected chi connectivity index (χ1v) is 10.4. The van der Waals surface area contributed by atoms with Crippen molar-refractivity contribution in [3.63, 3.8) is 0 Å². The summed E-state index contributed by atoms with van der Waals surface area (Å²) in [6.07, 6.45) is 0.720. The van der Waals surface area contributed by atoms with E-state index in [0.717, 1.165) is 29.3 Å². The van der Waals surface area contributed by atoms with Crippen LogP contribution in [0.4, 0.5) is 17.3 Å². The molecule has 1 aromatic heterocycles. The number of nitrogens with zero attached hydrogens (tertiary/aromatic N) is 3. The molecule has 2 aromatic carbocycles. The summed E-state index contributed by atoms with van der Waals surface area (Å²) >= 11 is 0. The van der Waals surface area contributed by atoms with Crippen molar-refractivity contribution in [3.05, 3.63) is 72.1 Å². The van der Waals surface area contributed by atoms with Crippen molar-refractivity contribution in [1.82, 2.24) is 9.97 Å². The number of anilines is 3. The van der Waals surface area contributed by atoms with E-state index in [-0.39, 0.29) is 4.90 Å². The van der Waals surface area contributed by atoms with Crippen LogP contribution < -0.4 is 15.4 Å². The Kier molecular flexibility index (Phi) is 5.91. The lowest BCUT2D eigenvalue weighted by Crippen LogP contribution is -2.14. The lowest BCUT2D eigenvalue weighted by molar-refractivity contribution is 0.598. The number of rotatable bonds is 7. The van der Waals surface area contributed by atoms with Crippen molar-refractivity contribution < 1.29 is 8.42 Å². The van der Waals surface area contributed by atoms with Crippen molar-refractivity contribution in [3.8, 4) is 0 Å². The van der Waals surface area contributed by atoms with Crippen LogP contribution >= 0.6 is 0 Å². The minimum absolute atomic E-state index is 0.115. The van der Waals surface area contributed by atoms with Gasteiger partial charge in [-0.15, -0.1) is 0 Å². The predicted octanol–water partition coefficient (Wildman–Crippen LogP) is 2.85. The van der Waals surface area contributed by atoms with Crippen molar-refractivity contribution >= 4 is 27.3 Å². The highest BCUT2D eigenvalue weighted by Crippen LogP contribution is 2.23. The fraction of sp³-hybridized carbons (Fsp3) is 0.200. The Labute approximate surface area is 165 Å². The van der Waals surface area contributed by atoms with Gasteiger partial charge in [0.05, 0.1) is 4.90 Å². The zero-order chi connectivity index (χ0) is 20.1. The third kappa shape index (κ3) is 5.05. The van der Waals surface area contributed by atoms with Crippen LogP contribution in [0.5, 0.6) is 0 Å². The number of para-hydroxylation sites is 1. The van der Waals surface area contributed by atoms with Gasteiger partial charge in [0, 0.05) is 25.3 Å². The van der Waals surface area contributed by atoms with Gasteiger partial charge in [-0.25, -0.2) is 23.5 Å². The molecule has 0 aliphatic carbocycles. The minimum atomic E-state index is -3.66. The Bertz CT molecular complexity index is 1040. The molecule has 28 heavy (non-hydrogen) atoms. The fourth-order valence-electron chi connectivity index (χ4n) is 2.78. The van der Waals surface area contributed by atoms with E-state index in [0.29, 0.717) is 12.4 Å². The van der Waals surface area contributed by atoms with Crippen LogP contribution in [0.1, 0.15) is 11.4 Å². The molecule has 3 aromatic rings. The first kappa shape index (κ1) is 19.8. The molecule has 0 saturated carbocycles. The Morgan fingerprint density at radius 1 is 1.04 bits per heavy atom. The van der Waals surface area contributed by atoms with Crippen LogP contribution in [0.3, 0.4) is 0 Å². The smallest absolute Gasteiger partial charge is 0.238 e. The summed E-state index contributed by atoms with van der Waals surface area (Å²) in [5.41, 5.74) is 2.05. The highest BCUT2D eigenvalue weighted by atomic mass is 32.2. The van der Waals surface area contributed by atoms with Crippen molar-refractivity contribution in [2.75, 3.05) is 23.8 Å². The Morgan fingerprint density at radius 3 is 2.36 bits per heavy atom. The molecule has 0 bridgehead atoms. The second-order valence-corrected chi connectivity index (χ2v) is 7.98. The molecule has 146 valence electrons. The molecule has 0 unspecified atom stereocenters. The highest BCUT2D eigenvalue weighted by molar-refractivity contribution is 7.89. The molecule has 0 atom stereocenters. The number of benzene rings is 2. The largest absolute Gasteiger partial charge is 0.370 e. The lowest BCUT2D eigenvalue weighted by atomic mass is 10.1. The molecule has 3 N–H and O–H groups in total. The van der Waals surface area contributed by atoms with E-state index in [1.807, 2.05) is 55.3 Å². The van der Waals surface area contributed by atoms with Crippen LogP contribution in [0.2, 0.25) is 0 Å². The first-order chi connectivity index (χ1) is 13.3. The number of aryl methyl sites for hydroxylation is 1. The maximum Gasteiger partial charge on any atom is 0.238 e. The quantitative estimate of drug-likeness (QED) is 0.636. The van der Waals surface area contributed by atoms with E-state index >= 15 is 0 Å². The zero-order valence-electron chi connectivity index (χ0n) is 15.8. The third-order valence-corrected chi connectivity index (χ3v) is 5.21. The average molecular weight is 398 g/mol. The Hall–Kier alpha value is -2.97. The van der Waals surface area contributed by atoms with Gasteiger partial charge in [-0.3, -0.25) is 0 Å². The van der Waals surface area contributed by atoms with Gasteiger partial charge in [-0.05, 0) is 43.2 Å². The van der Waals surface area contributed by atoms with Gasteiger partial charge in [-0.1, -0.05) is 30.3 Å². The summed E-state index contributed by atoms with van der Waals surface area (Å²) in [6.45, 7) is 2.51. The van der Waals surface area contributed by atoms with Gasteiger partial charge in [0.15, 0.2) is 0 Å². The van der Waals surface area contributed by atoms with E-state index in [9.17, 15) is 8.42 Å². The second kappa shape index (κ2) is 8.37. The number of nitrogens with two attached hydrogens (primary N) is 1. The van der Waals surface area contributed by atoms with Crippen molar-refractivity contribution in [1.29, 1.82) is 0 Å². The van der Waals surface area contributed by atoms with Gasteiger partial charge < -0.3 is 10.2 Å². The highest BCUT2D eigenvalue weighted by Gasteiger charge is 2.09. The summed E-state index contributed by atoms with van der Waals surface area (Å²) < 4.78 is 22.6. The van der Waals surface area contributed by atoms with E-state index < -0.39 is 10.0 Å². The number of hydrogen-bond acceptors (Lipinski definition) is 6. The SMILES string of the molecule is Cc1nc(NCCc2ccc(S(N)(=O)=O)cc2)cc(N(C)c2ccccc2)n1. The molecule has 8 heteroatoms. The molecule has 0 saturated heterocycles. The maximum absolute atomic E-state index is 11.3. The van der Waals surface area contributed by atoms with Gasteiger partial charge in [0.25, 0.3) is 0 Å². The van der Waals surface area contributed by atoms with E-state index in [1.165, 1.54) is 12.1 Å². The lowest BCUT2D eigenvalue weighted by Gasteiger charge is -2.19. The number of hydrogen-bond donors (Lipinski definition) is 2. The van der Waals surface area contributed by atoms with Crippen LogP contribution in [-0.2, 0) is 16.4 Å². The molecule has 0 aliphatic rings. The summed E-state index contributed by atoms with van der Waals surface area (Å²) in [5, 5.41) is 8.42. The standard InChI is InChI=1S/C20H23N5O2S/c1-15-23-19(14-20(24-15)25(2)17-6-4-3-5-7-17)22-13-12-16-8-10-18(11-9-16)28(21,26)27/h3-11,14H,12-13H2,1-2H3,(H2,21,26,27)(H,22,23,24). The molecule has 3 rings (SSSR count). The Balaban J connectivity index is 1.65. The summed E-state index contributed by atoms with van der Waals surface area (Å²) in [5.74, 6) is 2.23. The topological polar surface area (TPSA) is 101 Å². The summed E-state index contributed by atoms with van der Waals surface area (Å²) in [7, 11) is -1.69. The average Bonchev–Trinajstić information content (AvgIpc) is 2.67. The van der Waals surface area contributed by atoms with Crippen molar-refractivity contribution in [2.24, 2.45) is 5.14 Å². The van der Waals surface area contributed by atoms with E-state index in [4.69, 9.17) is 5.14 Å². The van der Waals surface area contributed by atoms with Gasteiger partial charge in [0.1, 0.15) is 17.5 Å². The molecule has 0 fully saturated rings. The first-order valence-electron chi connectivity index (χ1n) is 8.83. The van der Waals surface area contributed by atoms with Crippen molar-refractivity contribution in [2.45, 2.75) is 18.2 Å². The summed E-state index contributed by atoms with van der Waals surface area (Å²) in [6, 6.07) is 18.5. The summed E-state index contributed by atoms with van der Waals surface area (Å²) in [4.78, 5) is 11.1. The monoisotopic (exact) mass is 397 g/mol. The number of primary sulfonamides is 1. The number of aromatic nitrogens is 2.